The predicted octanol–water partition coefficient (Wildman–Crippen LogP) is 35.9. The quantitative estimate of drug-likeness (QED) is 0.0854. The van der Waals surface area contributed by atoms with E-state index in [0.717, 1.165) is 45.5 Å². The van der Waals surface area contributed by atoms with Gasteiger partial charge in [-0.3, -0.25) is 4.98 Å². The zero-order valence-corrected chi connectivity index (χ0v) is 74.8. The van der Waals surface area contributed by atoms with Gasteiger partial charge in [0.25, 0.3) is 0 Å². The molecule has 4 heteroatoms. The van der Waals surface area contributed by atoms with E-state index in [9.17, 15) is 0 Å². The molecule has 0 aliphatic rings. The summed E-state index contributed by atoms with van der Waals surface area (Å²) in [7, 11) is 0. The molecule has 0 aliphatic carbocycles. The van der Waals surface area contributed by atoms with Gasteiger partial charge >= 0.3 is 0 Å². The van der Waals surface area contributed by atoms with Gasteiger partial charge in [-0.25, -0.2) is 0 Å². The van der Waals surface area contributed by atoms with Gasteiger partial charge in [0.1, 0.15) is 0 Å². The maximum Gasteiger partial charge on any atom is 0.0645 e. The molecular weight excluding hydrogens is 1580 g/mol. The average Bonchev–Trinajstić information content (AvgIpc) is 0.749. The molecule has 0 unspecified atom stereocenters. The zero-order chi connectivity index (χ0) is 89.0. The van der Waals surface area contributed by atoms with Crippen LogP contribution in [0.25, 0.3) is 132 Å². The van der Waals surface area contributed by atoms with Gasteiger partial charge in [0.15, 0.2) is 0 Å². The van der Waals surface area contributed by atoms with E-state index >= 15 is 0 Å². The van der Waals surface area contributed by atoms with Gasteiger partial charge in [0, 0.05) is 50.7 Å². The Hall–Kier alpha value is -16.3. The second-order valence-electron chi connectivity index (χ2n) is 35.3. The van der Waals surface area contributed by atoms with Crippen LogP contribution in [0.4, 0.5) is 51.2 Å². The van der Waals surface area contributed by atoms with Crippen LogP contribution in [0.2, 0.25) is 0 Å². The summed E-state index contributed by atoms with van der Waals surface area (Å²) in [5.41, 5.74) is 34.6. The highest BCUT2D eigenvalue weighted by molar-refractivity contribution is 6.15. The Morgan fingerprint density at radius 1 is 0.168 bits per heavy atom. The van der Waals surface area contributed by atoms with Crippen molar-refractivity contribution in [2.45, 2.75) is 52.4 Å². The van der Waals surface area contributed by atoms with Gasteiger partial charge in [0.2, 0.25) is 0 Å². The average molecular weight is 1680 g/mol. The van der Waals surface area contributed by atoms with E-state index < -0.39 is 0 Å². The van der Waals surface area contributed by atoms with E-state index in [4.69, 9.17) is 0 Å². The molecule has 0 fully saturated rings. The number of hydrogen-bond donors (Lipinski definition) is 0. The number of aromatic nitrogens is 1. The molecule has 0 aliphatic heterocycles. The fraction of sp³-hybridized carbons (Fsp3) is 0.0630. The monoisotopic (exact) mass is 1680 g/mol. The molecule has 0 saturated heterocycles. The smallest absolute Gasteiger partial charge is 0.0645 e. The van der Waals surface area contributed by atoms with Gasteiger partial charge in [-0.1, -0.05) is 454 Å². The van der Waals surface area contributed by atoms with Crippen molar-refractivity contribution in [3.8, 4) is 100 Å². The molecule has 0 N–H and O–H groups in total. The number of para-hydroxylation sites is 1. The van der Waals surface area contributed by atoms with Crippen molar-refractivity contribution < 1.29 is 0 Å². The maximum absolute atomic E-state index is 4.51. The van der Waals surface area contributed by atoms with Gasteiger partial charge in [-0.15, -0.1) is 0 Å². The van der Waals surface area contributed by atoms with Crippen molar-refractivity contribution >= 4 is 83.5 Å². The number of benzene rings is 20. The van der Waals surface area contributed by atoms with Crippen LogP contribution in [0.15, 0.2) is 510 Å². The SMILES string of the molecule is CC(C)(C)c1ccc(N(c2ccc(C(C)(C)C)cc2)c2cc(-c3ccccc3)c(-c3ccccc3)c3ccccc23)cc1.c1ccc(-c2ccc(N(c3ccccc3-c3ccccc3)c3cc(-c4ccccc4)c(-c4ccccc4)c4ccccc34)cc2)cc1.c1ccc(-c2ccc(N(c3cccnc3)c3cc(-c4ccccc4)c(-c4ccccc4)c4ccccc34)cc2)cc1. The molecule has 0 spiro atoms. The summed E-state index contributed by atoms with van der Waals surface area (Å²) >= 11 is 0. The molecule has 1 aromatic heterocycles. The Morgan fingerprint density at radius 3 is 0.710 bits per heavy atom. The number of fused-ring (bicyclic) bond motifs is 3. The highest BCUT2D eigenvalue weighted by atomic mass is 15.2. The normalized spacial score (nSPS) is 11.3. The fourth-order valence-electron chi connectivity index (χ4n) is 18.3. The highest BCUT2D eigenvalue weighted by Gasteiger charge is 2.28. The third kappa shape index (κ3) is 18.1. The second-order valence-corrected chi connectivity index (χ2v) is 35.3. The lowest BCUT2D eigenvalue weighted by Crippen LogP contribution is -2.15. The lowest BCUT2D eigenvalue weighted by atomic mass is 9.86. The number of rotatable bonds is 18. The summed E-state index contributed by atoms with van der Waals surface area (Å²) in [5.74, 6) is 0. The Morgan fingerprint density at radius 2 is 0.405 bits per heavy atom. The van der Waals surface area contributed by atoms with Crippen LogP contribution in [0.5, 0.6) is 0 Å². The van der Waals surface area contributed by atoms with E-state index in [2.05, 4.69) is 553 Å². The van der Waals surface area contributed by atoms with Crippen molar-refractivity contribution in [1.29, 1.82) is 0 Å². The Balaban J connectivity index is 0.000000127. The van der Waals surface area contributed by atoms with Crippen molar-refractivity contribution in [3.63, 3.8) is 0 Å². The minimum atomic E-state index is 0.0855. The highest BCUT2D eigenvalue weighted by Crippen LogP contribution is 2.53. The lowest BCUT2D eigenvalue weighted by Gasteiger charge is -2.30. The second kappa shape index (κ2) is 38.1. The summed E-state index contributed by atoms with van der Waals surface area (Å²) in [4.78, 5) is 11.7. The molecule has 131 heavy (non-hydrogen) atoms. The summed E-state index contributed by atoms with van der Waals surface area (Å²) in [6.07, 6.45) is 3.76. The number of nitrogens with zero attached hydrogens (tertiary/aromatic N) is 4. The number of hydrogen-bond acceptors (Lipinski definition) is 4. The van der Waals surface area contributed by atoms with E-state index in [1.807, 2.05) is 18.5 Å². The van der Waals surface area contributed by atoms with Crippen LogP contribution >= 0.6 is 0 Å². The molecule has 0 amide bonds. The van der Waals surface area contributed by atoms with E-state index in [1.54, 1.807) is 0 Å². The molecule has 21 rings (SSSR count). The van der Waals surface area contributed by atoms with Crippen LogP contribution < -0.4 is 14.7 Å². The summed E-state index contributed by atoms with van der Waals surface area (Å²) in [6.45, 7) is 13.6. The van der Waals surface area contributed by atoms with Gasteiger partial charge < -0.3 is 14.7 Å². The molecule has 0 radical (unpaired) electrons. The molecule has 0 bridgehead atoms. The van der Waals surface area contributed by atoms with Crippen molar-refractivity contribution in [3.05, 3.63) is 521 Å². The van der Waals surface area contributed by atoms with E-state index in [1.165, 1.54) is 149 Å². The van der Waals surface area contributed by atoms with Crippen LogP contribution in [-0.4, -0.2) is 4.98 Å². The van der Waals surface area contributed by atoms with E-state index in [-0.39, 0.29) is 10.8 Å². The Labute approximate surface area is 771 Å². The predicted molar refractivity (Wildman–Crippen MR) is 560 cm³/mol. The molecule has 630 valence electrons. The summed E-state index contributed by atoms with van der Waals surface area (Å²) in [5, 5.41) is 7.28. The van der Waals surface area contributed by atoms with Crippen molar-refractivity contribution in [2.75, 3.05) is 14.7 Å². The molecule has 21 aromatic rings. The number of anilines is 9. The molecule has 1 heterocycles. The molecule has 0 saturated carbocycles. The van der Waals surface area contributed by atoms with E-state index in [0.29, 0.717) is 0 Å². The van der Waals surface area contributed by atoms with Crippen molar-refractivity contribution in [1.82, 2.24) is 4.98 Å². The van der Waals surface area contributed by atoms with Crippen LogP contribution in [0.1, 0.15) is 52.7 Å². The third-order valence-corrected chi connectivity index (χ3v) is 24.8. The Bertz CT molecular complexity index is 7360. The first-order valence-corrected chi connectivity index (χ1v) is 45.3. The van der Waals surface area contributed by atoms with Crippen LogP contribution in [0, 0.1) is 0 Å². The van der Waals surface area contributed by atoms with Crippen LogP contribution in [-0.2, 0) is 10.8 Å². The molecule has 0 atom stereocenters. The van der Waals surface area contributed by atoms with Gasteiger partial charge in [0.05, 0.1) is 34.6 Å². The molecule has 4 nitrogen and oxygen atoms in total. The first-order chi connectivity index (χ1) is 64.3. The Kier molecular flexibility index (Phi) is 24.5. The molecular formula is C127H102N4. The zero-order valence-electron chi connectivity index (χ0n) is 74.8. The number of pyridine rings is 1. The van der Waals surface area contributed by atoms with Gasteiger partial charge in [-0.2, -0.15) is 0 Å². The first kappa shape index (κ1) is 84.2. The lowest BCUT2D eigenvalue weighted by molar-refractivity contribution is 0.590. The first-order valence-electron chi connectivity index (χ1n) is 45.3. The minimum absolute atomic E-state index is 0.0855. The fourth-order valence-corrected chi connectivity index (χ4v) is 18.3. The van der Waals surface area contributed by atoms with Crippen molar-refractivity contribution in [2.24, 2.45) is 0 Å². The van der Waals surface area contributed by atoms with Gasteiger partial charge in [-0.05, 0) is 218 Å². The topological polar surface area (TPSA) is 22.6 Å². The van der Waals surface area contributed by atoms with Crippen LogP contribution in [0.3, 0.4) is 0 Å². The summed E-state index contributed by atoms with van der Waals surface area (Å²) < 4.78 is 0. The minimum Gasteiger partial charge on any atom is -0.310 e. The molecule has 20 aromatic carbocycles. The largest absolute Gasteiger partial charge is 0.310 e. The maximum atomic E-state index is 4.51. The third-order valence-electron chi connectivity index (χ3n) is 24.8. The standard InChI is InChI=1S/C46H33N.C42H41N.C39H28N2/c1-5-17-34(18-6-1)35-29-31-39(32-30-35)47(44-28-16-15-25-40(44)36-19-7-2-8-20-36)45-33-43(37-21-9-3-10-22-37)46(38-23-11-4-12-24-38)42-27-14-13-26-41(42)45;1-41(2,3)32-21-25-34(26-22-32)43(35-27-23-33(24-28-35)42(4,5)6)39-29-38(30-15-9-7-10-16-30)40(31-17-11-8-12-18-31)37-20-14-13-19-36(37)39;1-4-13-29(14-5-1)30-22-24-33(25-23-30)41(34-19-12-26-40-28-34)38-27-37(31-15-6-2-7-16-31)39(32-17-8-3-9-18-32)36-21-11-10-20-35(36)38/h1-33H;7-29H,1-6H3;1-28H. The summed E-state index contributed by atoms with van der Waals surface area (Å²) in [6, 6.07) is 179.